The Labute approximate surface area is 240 Å². The van der Waals surface area contributed by atoms with Crippen LogP contribution >= 0.6 is 23.2 Å². The standard InChI is InChI=1S/C21H19ClN4O.C7H8ClNO.C2H6/c1-13-10-16(20-9-7-18(22)12-24-20)6-8-19(13)25-15(3)26-21(27)17-5-4-14(2)23-11-17;1-5-3-7(8)9-4-6(5)10-2;1-2/h4-12H,1-3H3,(H,25,26,27);3-4H,1-2H3;1-2H3. The number of hydrogen-bond acceptors (Lipinski definition) is 6. The highest BCUT2D eigenvalue weighted by atomic mass is 35.5. The number of carbonyl (C=O) groups is 1. The molecule has 0 fully saturated rings. The monoisotopic (exact) mass is 565 g/mol. The number of pyridine rings is 3. The smallest absolute Gasteiger partial charge is 0.258 e. The number of carbonyl (C=O) groups excluding carboxylic acids is 1. The lowest BCUT2D eigenvalue weighted by molar-refractivity contribution is 0.0976. The fraction of sp³-hybridized carbons (Fsp3) is 0.233. The summed E-state index contributed by atoms with van der Waals surface area (Å²) in [6, 6.07) is 14.9. The number of nitrogens with one attached hydrogen (secondary N) is 1. The number of benzene rings is 1. The Kier molecular flexibility index (Phi) is 12.5. The van der Waals surface area contributed by atoms with E-state index in [4.69, 9.17) is 27.9 Å². The first kappa shape index (κ1) is 31.4. The topological polar surface area (TPSA) is 89.4 Å². The molecule has 1 N–H and O–H groups in total. The molecule has 1 aromatic carbocycles. The lowest BCUT2D eigenvalue weighted by Crippen LogP contribution is -2.28. The molecule has 9 heteroatoms. The summed E-state index contributed by atoms with van der Waals surface area (Å²) >= 11 is 11.5. The molecule has 0 unspecified atom stereocenters. The third kappa shape index (κ3) is 9.78. The fourth-order valence-electron chi connectivity index (χ4n) is 3.26. The highest BCUT2D eigenvalue weighted by Gasteiger charge is 2.08. The lowest BCUT2D eigenvalue weighted by Gasteiger charge is -2.08. The second-order valence-corrected chi connectivity index (χ2v) is 9.00. The van der Waals surface area contributed by atoms with E-state index in [9.17, 15) is 4.79 Å². The van der Waals surface area contributed by atoms with Gasteiger partial charge in [-0.2, -0.15) is 0 Å². The van der Waals surface area contributed by atoms with Crippen molar-refractivity contribution in [1.29, 1.82) is 0 Å². The van der Waals surface area contributed by atoms with Crippen molar-refractivity contribution < 1.29 is 9.53 Å². The van der Waals surface area contributed by atoms with Crippen LogP contribution in [0.4, 0.5) is 5.69 Å². The molecule has 0 aliphatic rings. The molecular formula is C30H33Cl2N5O2. The number of methoxy groups -OCH3 is 1. The Hall–Kier alpha value is -3.81. The van der Waals surface area contributed by atoms with Crippen molar-refractivity contribution in [2.24, 2.45) is 4.99 Å². The second-order valence-electron chi connectivity index (χ2n) is 8.18. The van der Waals surface area contributed by atoms with Gasteiger partial charge in [0.05, 0.1) is 35.3 Å². The molecule has 0 bridgehead atoms. The van der Waals surface area contributed by atoms with Crippen LogP contribution in [-0.4, -0.2) is 33.8 Å². The summed E-state index contributed by atoms with van der Waals surface area (Å²) in [6.45, 7) is 11.5. The maximum Gasteiger partial charge on any atom is 0.258 e. The first-order valence-corrected chi connectivity index (χ1v) is 13.1. The van der Waals surface area contributed by atoms with Gasteiger partial charge in [0, 0.05) is 23.7 Å². The summed E-state index contributed by atoms with van der Waals surface area (Å²) in [7, 11) is 1.61. The normalized spacial score (nSPS) is 10.4. The SMILES string of the molecule is CC.CC(=Nc1ccc(-c2ccc(Cl)cn2)cc1C)NC(=O)c1ccc(C)nc1.COc1cnc(Cl)cc1C. The third-order valence-corrected chi connectivity index (χ3v) is 5.66. The van der Waals surface area contributed by atoms with Crippen molar-refractivity contribution in [2.75, 3.05) is 7.11 Å². The van der Waals surface area contributed by atoms with Crippen LogP contribution in [0.25, 0.3) is 11.3 Å². The van der Waals surface area contributed by atoms with E-state index in [0.717, 1.165) is 39.5 Å². The highest BCUT2D eigenvalue weighted by Crippen LogP contribution is 2.26. The van der Waals surface area contributed by atoms with Gasteiger partial charge < -0.3 is 10.1 Å². The van der Waals surface area contributed by atoms with Gasteiger partial charge in [-0.05, 0) is 81.3 Å². The predicted octanol–water partition coefficient (Wildman–Crippen LogP) is 7.97. The van der Waals surface area contributed by atoms with Crippen molar-refractivity contribution in [1.82, 2.24) is 20.3 Å². The van der Waals surface area contributed by atoms with Crippen molar-refractivity contribution >= 4 is 40.6 Å². The van der Waals surface area contributed by atoms with Crippen LogP contribution in [0.3, 0.4) is 0 Å². The number of halogens is 2. The Balaban J connectivity index is 0.000000372. The van der Waals surface area contributed by atoms with Crippen molar-refractivity contribution in [2.45, 2.75) is 41.5 Å². The van der Waals surface area contributed by atoms with Crippen LogP contribution in [0.5, 0.6) is 5.75 Å². The van der Waals surface area contributed by atoms with E-state index < -0.39 is 0 Å². The number of aryl methyl sites for hydroxylation is 3. The van der Waals surface area contributed by atoms with Gasteiger partial charge >= 0.3 is 0 Å². The van der Waals surface area contributed by atoms with Crippen molar-refractivity contribution in [3.63, 3.8) is 0 Å². The minimum atomic E-state index is -0.233. The first-order chi connectivity index (χ1) is 18.7. The quantitative estimate of drug-likeness (QED) is 0.154. The Morgan fingerprint density at radius 1 is 0.872 bits per heavy atom. The number of amidine groups is 1. The van der Waals surface area contributed by atoms with E-state index in [1.54, 1.807) is 50.8 Å². The number of nitrogens with zero attached hydrogens (tertiary/aromatic N) is 4. The third-order valence-electron chi connectivity index (χ3n) is 5.23. The van der Waals surface area contributed by atoms with Gasteiger partial charge in [0.25, 0.3) is 5.91 Å². The van der Waals surface area contributed by atoms with E-state index in [1.807, 2.05) is 65.0 Å². The molecule has 204 valence electrons. The summed E-state index contributed by atoms with van der Waals surface area (Å²) in [5.74, 6) is 1.05. The lowest BCUT2D eigenvalue weighted by atomic mass is 10.1. The zero-order valence-electron chi connectivity index (χ0n) is 23.2. The fourth-order valence-corrected chi connectivity index (χ4v) is 3.58. The van der Waals surface area contributed by atoms with Gasteiger partial charge in [-0.3, -0.25) is 14.8 Å². The minimum absolute atomic E-state index is 0.233. The highest BCUT2D eigenvalue weighted by molar-refractivity contribution is 6.30. The summed E-state index contributed by atoms with van der Waals surface area (Å²) in [5.41, 5.74) is 5.95. The van der Waals surface area contributed by atoms with Crippen LogP contribution in [0.2, 0.25) is 10.2 Å². The van der Waals surface area contributed by atoms with Gasteiger partial charge in [-0.15, -0.1) is 0 Å². The van der Waals surface area contributed by atoms with Crippen molar-refractivity contribution in [3.8, 4) is 17.0 Å². The first-order valence-electron chi connectivity index (χ1n) is 12.3. The average molecular weight is 567 g/mol. The van der Waals surface area contributed by atoms with Crippen LogP contribution in [0, 0.1) is 20.8 Å². The molecule has 0 aliphatic heterocycles. The molecular weight excluding hydrogens is 533 g/mol. The maximum atomic E-state index is 12.3. The number of amides is 1. The molecule has 0 aliphatic carbocycles. The molecule has 1 amide bonds. The van der Waals surface area contributed by atoms with Gasteiger partial charge in [-0.25, -0.2) is 9.98 Å². The number of aromatic nitrogens is 3. The van der Waals surface area contributed by atoms with Gasteiger partial charge in [0.1, 0.15) is 16.7 Å². The van der Waals surface area contributed by atoms with Crippen LogP contribution in [0.1, 0.15) is 48.0 Å². The summed E-state index contributed by atoms with van der Waals surface area (Å²) in [4.78, 5) is 29.1. The summed E-state index contributed by atoms with van der Waals surface area (Å²) in [6.07, 6.45) is 4.78. The van der Waals surface area contributed by atoms with E-state index in [-0.39, 0.29) is 5.91 Å². The molecule has 7 nitrogen and oxygen atoms in total. The second kappa shape index (κ2) is 15.6. The zero-order valence-corrected chi connectivity index (χ0v) is 24.7. The predicted molar refractivity (Wildman–Crippen MR) is 161 cm³/mol. The van der Waals surface area contributed by atoms with E-state index in [1.165, 1.54) is 0 Å². The Bertz CT molecular complexity index is 1410. The van der Waals surface area contributed by atoms with Crippen LogP contribution < -0.4 is 10.1 Å². The molecule has 0 spiro atoms. The van der Waals surface area contributed by atoms with E-state index >= 15 is 0 Å². The Morgan fingerprint density at radius 2 is 1.62 bits per heavy atom. The Morgan fingerprint density at radius 3 is 2.18 bits per heavy atom. The average Bonchev–Trinajstić information content (AvgIpc) is 2.92. The van der Waals surface area contributed by atoms with Gasteiger partial charge in [-0.1, -0.05) is 43.1 Å². The van der Waals surface area contributed by atoms with Gasteiger partial charge in [0.2, 0.25) is 0 Å². The maximum absolute atomic E-state index is 12.3. The molecule has 0 atom stereocenters. The number of rotatable bonds is 4. The number of aliphatic imine (C=N–C) groups is 1. The molecule has 3 aromatic heterocycles. The minimum Gasteiger partial charge on any atom is -0.495 e. The number of hydrogen-bond donors (Lipinski definition) is 1. The molecule has 0 saturated carbocycles. The molecule has 0 radical (unpaired) electrons. The largest absolute Gasteiger partial charge is 0.495 e. The number of ether oxygens (including phenoxy) is 1. The molecule has 39 heavy (non-hydrogen) atoms. The molecule has 4 aromatic rings. The molecule has 4 rings (SSSR count). The zero-order chi connectivity index (χ0) is 28.9. The van der Waals surface area contributed by atoms with E-state index in [2.05, 4.69) is 25.3 Å². The molecule has 0 saturated heterocycles. The molecule has 3 heterocycles. The van der Waals surface area contributed by atoms with Crippen LogP contribution in [-0.2, 0) is 0 Å². The van der Waals surface area contributed by atoms with Crippen LogP contribution in [0.15, 0.2) is 72.1 Å². The van der Waals surface area contributed by atoms with Gasteiger partial charge in [0.15, 0.2) is 0 Å². The summed E-state index contributed by atoms with van der Waals surface area (Å²) < 4.78 is 4.98. The summed E-state index contributed by atoms with van der Waals surface area (Å²) in [5, 5.41) is 3.89. The van der Waals surface area contributed by atoms with Crippen molar-refractivity contribution in [3.05, 3.63) is 99.7 Å². The van der Waals surface area contributed by atoms with E-state index in [0.29, 0.717) is 21.6 Å².